The molecule has 1 radical (unpaired) electrons. The molecule has 0 aliphatic heterocycles. The number of rotatable bonds is 3. The fraction of sp³-hybridized carbons (Fsp3) is 0.385. The maximum atomic E-state index is 3.75. The van der Waals surface area contributed by atoms with Crippen LogP contribution in [0.25, 0.3) is 0 Å². The van der Waals surface area contributed by atoms with Gasteiger partial charge in [0.2, 0.25) is 0 Å². The van der Waals surface area contributed by atoms with Crippen LogP contribution in [0.4, 0.5) is 0 Å². The first kappa shape index (κ1) is 8.55. The van der Waals surface area contributed by atoms with Crippen molar-refractivity contribution in [3.05, 3.63) is 47.5 Å². The van der Waals surface area contributed by atoms with E-state index in [2.05, 4.69) is 37.8 Å². The van der Waals surface area contributed by atoms with Gasteiger partial charge < -0.3 is 0 Å². The molecule has 1 aromatic carbocycles. The first-order valence-corrected chi connectivity index (χ1v) is 5.01. The van der Waals surface area contributed by atoms with Crippen LogP contribution in [0.15, 0.2) is 24.8 Å². The Kier molecular flexibility index (Phi) is 2.22. The first-order chi connectivity index (χ1) is 6.36. The average molecular weight is 171 g/mol. The number of aryl methyl sites for hydroxylation is 1. The smallest absolute Gasteiger partial charge is 0.0146 e. The fourth-order valence-corrected chi connectivity index (χ4v) is 1.93. The van der Waals surface area contributed by atoms with E-state index in [1.807, 2.05) is 0 Å². The second kappa shape index (κ2) is 3.37. The summed E-state index contributed by atoms with van der Waals surface area (Å²) in [5.41, 5.74) is 4.22. The Balaban J connectivity index is 2.50. The van der Waals surface area contributed by atoms with Crippen molar-refractivity contribution in [3.63, 3.8) is 0 Å². The van der Waals surface area contributed by atoms with Crippen LogP contribution < -0.4 is 0 Å². The Labute approximate surface area is 80.3 Å². The van der Waals surface area contributed by atoms with Crippen molar-refractivity contribution in [2.24, 2.45) is 0 Å². The molecule has 0 heteroatoms. The summed E-state index contributed by atoms with van der Waals surface area (Å²) in [6.45, 7) is 5.97. The van der Waals surface area contributed by atoms with Crippen molar-refractivity contribution in [3.8, 4) is 0 Å². The van der Waals surface area contributed by atoms with Crippen molar-refractivity contribution in [2.75, 3.05) is 0 Å². The summed E-state index contributed by atoms with van der Waals surface area (Å²) >= 11 is 0. The Bertz CT molecular complexity index is 319. The molecule has 0 heterocycles. The summed E-state index contributed by atoms with van der Waals surface area (Å²) in [6, 6.07) is 6.46. The molecular weight excluding hydrogens is 156 g/mol. The minimum Gasteiger partial charge on any atom is -0.0905 e. The van der Waals surface area contributed by atoms with E-state index < -0.39 is 0 Å². The van der Waals surface area contributed by atoms with Crippen LogP contribution in [-0.2, 0) is 6.42 Å². The van der Waals surface area contributed by atoms with Crippen molar-refractivity contribution >= 4 is 0 Å². The lowest BCUT2D eigenvalue weighted by atomic mass is 9.95. The van der Waals surface area contributed by atoms with Crippen LogP contribution in [0.5, 0.6) is 0 Å². The molecule has 0 N–H and O–H groups in total. The molecule has 0 bridgehead atoms. The quantitative estimate of drug-likeness (QED) is 0.653. The van der Waals surface area contributed by atoms with E-state index in [-0.39, 0.29) is 0 Å². The van der Waals surface area contributed by atoms with Crippen molar-refractivity contribution in [1.82, 2.24) is 0 Å². The molecule has 1 aromatic rings. The molecule has 0 spiro atoms. The summed E-state index contributed by atoms with van der Waals surface area (Å²) in [4.78, 5) is 0. The molecule has 0 amide bonds. The predicted molar refractivity (Wildman–Crippen MR) is 55.8 cm³/mol. The standard InChI is InChI=1S/C13H15/c1-3-10-6-5-7-11(4-2)13(10)12-8-9-12/h5-7,12H,1,4,8-9H2,2H3. The monoisotopic (exact) mass is 171 g/mol. The summed E-state index contributed by atoms with van der Waals surface area (Å²) in [6.07, 6.45) is 6.87. The average Bonchev–Trinajstić information content (AvgIpc) is 3.00. The van der Waals surface area contributed by atoms with Gasteiger partial charge in [0.05, 0.1) is 0 Å². The normalized spacial score (nSPS) is 15.8. The van der Waals surface area contributed by atoms with E-state index in [1.54, 1.807) is 0 Å². The van der Waals surface area contributed by atoms with E-state index in [0.29, 0.717) is 0 Å². The third-order valence-corrected chi connectivity index (χ3v) is 2.75. The highest BCUT2D eigenvalue weighted by molar-refractivity contribution is 5.43. The zero-order chi connectivity index (χ0) is 9.26. The van der Waals surface area contributed by atoms with Crippen molar-refractivity contribution < 1.29 is 0 Å². The maximum Gasteiger partial charge on any atom is -0.0146 e. The molecule has 0 nitrogen and oxygen atoms in total. The fourth-order valence-electron chi connectivity index (χ4n) is 1.93. The van der Waals surface area contributed by atoms with Gasteiger partial charge in [0, 0.05) is 0 Å². The van der Waals surface area contributed by atoms with Gasteiger partial charge in [0.1, 0.15) is 0 Å². The predicted octanol–water partition coefficient (Wildman–Crippen LogP) is 3.46. The van der Waals surface area contributed by atoms with Gasteiger partial charge in [0.15, 0.2) is 0 Å². The van der Waals surface area contributed by atoms with E-state index in [9.17, 15) is 0 Å². The molecule has 1 saturated carbocycles. The van der Waals surface area contributed by atoms with Gasteiger partial charge in [-0.15, -0.1) is 0 Å². The highest BCUT2D eigenvalue weighted by Crippen LogP contribution is 2.43. The van der Waals surface area contributed by atoms with Crippen LogP contribution in [0, 0.1) is 6.08 Å². The third kappa shape index (κ3) is 1.53. The van der Waals surface area contributed by atoms with E-state index >= 15 is 0 Å². The Hall–Kier alpha value is -1.04. The van der Waals surface area contributed by atoms with E-state index in [0.717, 1.165) is 12.3 Å². The molecule has 1 fully saturated rings. The molecule has 0 unspecified atom stereocenters. The lowest BCUT2D eigenvalue weighted by molar-refractivity contribution is 1.02. The first-order valence-electron chi connectivity index (χ1n) is 5.01. The summed E-state index contributed by atoms with van der Waals surface area (Å²) in [5, 5.41) is 0. The molecule has 67 valence electrons. The Morgan fingerprint density at radius 1 is 1.46 bits per heavy atom. The van der Waals surface area contributed by atoms with Crippen LogP contribution >= 0.6 is 0 Å². The van der Waals surface area contributed by atoms with Crippen LogP contribution in [0.1, 0.15) is 42.4 Å². The van der Waals surface area contributed by atoms with Crippen LogP contribution in [-0.4, -0.2) is 0 Å². The SMILES string of the molecule is C=[C]c1cccc(CC)c1C1CC1. The van der Waals surface area contributed by atoms with Gasteiger partial charge in [-0.3, -0.25) is 0 Å². The zero-order valence-electron chi connectivity index (χ0n) is 8.14. The molecule has 2 rings (SSSR count). The summed E-state index contributed by atoms with van der Waals surface area (Å²) in [5.74, 6) is 0.806. The molecule has 0 atom stereocenters. The molecule has 13 heavy (non-hydrogen) atoms. The summed E-state index contributed by atoms with van der Waals surface area (Å²) in [7, 11) is 0. The molecule has 0 aromatic heterocycles. The summed E-state index contributed by atoms with van der Waals surface area (Å²) < 4.78 is 0. The Morgan fingerprint density at radius 3 is 2.77 bits per heavy atom. The topological polar surface area (TPSA) is 0 Å². The number of hydrogen-bond acceptors (Lipinski definition) is 0. The largest absolute Gasteiger partial charge is 0.0905 e. The van der Waals surface area contributed by atoms with Gasteiger partial charge in [-0.1, -0.05) is 31.7 Å². The molecule has 1 aliphatic carbocycles. The second-order valence-corrected chi connectivity index (χ2v) is 3.68. The number of hydrogen-bond donors (Lipinski definition) is 0. The Morgan fingerprint density at radius 2 is 2.23 bits per heavy atom. The highest BCUT2D eigenvalue weighted by atomic mass is 14.3. The molecular formula is C13H15. The second-order valence-electron chi connectivity index (χ2n) is 3.68. The van der Waals surface area contributed by atoms with Gasteiger partial charge in [-0.05, 0) is 47.9 Å². The van der Waals surface area contributed by atoms with Crippen LogP contribution in [0.3, 0.4) is 0 Å². The van der Waals surface area contributed by atoms with Gasteiger partial charge in [-0.25, -0.2) is 0 Å². The maximum absolute atomic E-state index is 3.75. The molecule has 0 saturated heterocycles. The van der Waals surface area contributed by atoms with Crippen molar-refractivity contribution in [2.45, 2.75) is 32.1 Å². The lowest BCUT2D eigenvalue weighted by Crippen LogP contribution is -1.94. The van der Waals surface area contributed by atoms with Crippen molar-refractivity contribution in [1.29, 1.82) is 0 Å². The lowest BCUT2D eigenvalue weighted by Gasteiger charge is -2.09. The van der Waals surface area contributed by atoms with E-state index in [4.69, 9.17) is 0 Å². The minimum absolute atomic E-state index is 0.806. The molecule has 1 aliphatic rings. The van der Waals surface area contributed by atoms with Gasteiger partial charge in [0.25, 0.3) is 0 Å². The third-order valence-electron chi connectivity index (χ3n) is 2.75. The highest BCUT2D eigenvalue weighted by Gasteiger charge is 2.27. The minimum atomic E-state index is 0.806. The zero-order valence-corrected chi connectivity index (χ0v) is 8.14. The number of benzene rings is 1. The van der Waals surface area contributed by atoms with Crippen LogP contribution in [0.2, 0.25) is 0 Å². The van der Waals surface area contributed by atoms with Gasteiger partial charge in [-0.2, -0.15) is 0 Å². The van der Waals surface area contributed by atoms with E-state index in [1.165, 1.54) is 29.5 Å². The van der Waals surface area contributed by atoms with Gasteiger partial charge >= 0.3 is 0 Å².